The van der Waals surface area contributed by atoms with E-state index in [1.165, 1.54) is 5.56 Å². The van der Waals surface area contributed by atoms with Gasteiger partial charge in [-0.1, -0.05) is 49.0 Å². The van der Waals surface area contributed by atoms with Crippen molar-refractivity contribution in [3.63, 3.8) is 0 Å². The molecule has 0 aliphatic rings. The molecular weight excluding hydrogens is 362 g/mol. The van der Waals surface area contributed by atoms with E-state index in [1.807, 2.05) is 55.5 Å². The normalized spacial score (nSPS) is 10.2. The minimum atomic E-state index is -0.199. The fraction of sp³-hybridized carbons (Fsp3) is 0.160. The Labute approximate surface area is 171 Å². The van der Waals surface area contributed by atoms with Gasteiger partial charge in [-0.3, -0.25) is 4.79 Å². The van der Waals surface area contributed by atoms with E-state index in [0.717, 1.165) is 12.0 Å². The Balaban J connectivity index is 1.57. The van der Waals surface area contributed by atoms with Gasteiger partial charge in [-0.25, -0.2) is 0 Å². The van der Waals surface area contributed by atoms with Crippen LogP contribution in [0.5, 0.6) is 11.5 Å². The first-order valence-electron chi connectivity index (χ1n) is 9.55. The molecule has 29 heavy (non-hydrogen) atoms. The van der Waals surface area contributed by atoms with Crippen molar-refractivity contribution >= 4 is 11.6 Å². The smallest absolute Gasteiger partial charge is 0.255 e. The second kappa shape index (κ2) is 10.1. The van der Waals surface area contributed by atoms with E-state index in [9.17, 15) is 4.79 Å². The molecule has 4 heteroatoms. The zero-order valence-corrected chi connectivity index (χ0v) is 16.6. The van der Waals surface area contributed by atoms with Crippen LogP contribution in [0.1, 0.15) is 22.8 Å². The van der Waals surface area contributed by atoms with Crippen molar-refractivity contribution in [2.75, 3.05) is 18.5 Å². The van der Waals surface area contributed by atoms with Crippen LogP contribution in [0.4, 0.5) is 5.69 Å². The van der Waals surface area contributed by atoms with Gasteiger partial charge in [-0.2, -0.15) is 0 Å². The fourth-order valence-corrected chi connectivity index (χ4v) is 2.73. The number of hydrogen-bond acceptors (Lipinski definition) is 3. The first-order valence-corrected chi connectivity index (χ1v) is 9.55. The van der Waals surface area contributed by atoms with Crippen molar-refractivity contribution in [3.05, 3.63) is 102 Å². The van der Waals surface area contributed by atoms with Crippen LogP contribution in [0.2, 0.25) is 0 Å². The van der Waals surface area contributed by atoms with E-state index in [-0.39, 0.29) is 5.91 Å². The third kappa shape index (κ3) is 6.54. The zero-order valence-electron chi connectivity index (χ0n) is 16.6. The van der Waals surface area contributed by atoms with Gasteiger partial charge in [0.2, 0.25) is 0 Å². The van der Waals surface area contributed by atoms with Crippen molar-refractivity contribution in [2.24, 2.45) is 0 Å². The molecule has 0 aliphatic carbocycles. The molecule has 0 heterocycles. The number of carbonyl (C=O) groups excluding carboxylic acids is 1. The van der Waals surface area contributed by atoms with Crippen molar-refractivity contribution in [2.45, 2.75) is 13.3 Å². The van der Waals surface area contributed by atoms with Gasteiger partial charge in [0.1, 0.15) is 18.1 Å². The Hall–Kier alpha value is -3.53. The Kier molecular flexibility index (Phi) is 7.06. The largest absolute Gasteiger partial charge is 0.493 e. The molecule has 0 unspecified atom stereocenters. The highest BCUT2D eigenvalue weighted by Gasteiger charge is 2.08. The average Bonchev–Trinajstić information content (AvgIpc) is 2.73. The molecule has 1 amide bonds. The Bertz CT molecular complexity index is 967. The van der Waals surface area contributed by atoms with Crippen molar-refractivity contribution < 1.29 is 14.3 Å². The second-order valence-electron chi connectivity index (χ2n) is 6.84. The summed E-state index contributed by atoms with van der Waals surface area (Å²) >= 11 is 0. The summed E-state index contributed by atoms with van der Waals surface area (Å²) in [4.78, 5) is 12.6. The van der Waals surface area contributed by atoms with E-state index in [1.54, 1.807) is 18.2 Å². The highest BCUT2D eigenvalue weighted by Crippen LogP contribution is 2.20. The van der Waals surface area contributed by atoms with Gasteiger partial charge >= 0.3 is 0 Å². The summed E-state index contributed by atoms with van der Waals surface area (Å²) in [6, 6.07) is 24.7. The molecule has 0 aliphatic heterocycles. The number of hydrogen-bond donors (Lipinski definition) is 1. The van der Waals surface area contributed by atoms with E-state index in [0.29, 0.717) is 36.0 Å². The minimum Gasteiger partial charge on any atom is -0.493 e. The first-order chi connectivity index (χ1) is 14.1. The maximum Gasteiger partial charge on any atom is 0.255 e. The number of amides is 1. The van der Waals surface area contributed by atoms with Gasteiger partial charge in [-0.05, 0) is 48.4 Å². The predicted molar refractivity (Wildman–Crippen MR) is 117 cm³/mol. The van der Waals surface area contributed by atoms with Crippen molar-refractivity contribution in [3.8, 4) is 11.5 Å². The molecule has 3 aromatic carbocycles. The lowest BCUT2D eigenvalue weighted by atomic mass is 10.1. The number of carbonyl (C=O) groups is 1. The number of benzene rings is 3. The van der Waals surface area contributed by atoms with Gasteiger partial charge in [0.15, 0.2) is 0 Å². The molecule has 0 bridgehead atoms. The van der Waals surface area contributed by atoms with E-state index in [4.69, 9.17) is 9.47 Å². The van der Waals surface area contributed by atoms with Gasteiger partial charge in [0, 0.05) is 23.7 Å². The van der Waals surface area contributed by atoms with Crippen molar-refractivity contribution in [1.82, 2.24) is 0 Å². The number of ether oxygens (including phenoxy) is 2. The monoisotopic (exact) mass is 387 g/mol. The molecule has 0 saturated heterocycles. The molecular formula is C25H25NO3. The molecule has 3 aromatic rings. The van der Waals surface area contributed by atoms with Crippen LogP contribution in [-0.2, 0) is 6.42 Å². The van der Waals surface area contributed by atoms with Crippen molar-refractivity contribution in [1.29, 1.82) is 0 Å². The first kappa shape index (κ1) is 20.2. The highest BCUT2D eigenvalue weighted by molar-refractivity contribution is 6.04. The molecule has 3 rings (SSSR count). The number of rotatable bonds is 9. The maximum absolute atomic E-state index is 12.6. The van der Waals surface area contributed by atoms with Crippen LogP contribution in [0.25, 0.3) is 0 Å². The van der Waals surface area contributed by atoms with Gasteiger partial charge in [0.05, 0.1) is 6.61 Å². The van der Waals surface area contributed by atoms with Crippen LogP contribution < -0.4 is 14.8 Å². The summed E-state index contributed by atoms with van der Waals surface area (Å²) in [5.41, 5.74) is 3.36. The zero-order chi connectivity index (χ0) is 20.5. The minimum absolute atomic E-state index is 0.199. The summed E-state index contributed by atoms with van der Waals surface area (Å²) in [6.45, 7) is 6.72. The standard InChI is InChI=1S/C25H25NO3/c1-19(2)18-29-24-13-7-11-22(17-24)26-25(27)21-10-6-12-23(16-21)28-15-14-20-8-4-3-5-9-20/h3-13,16-17H,1,14-15,18H2,2H3,(H,26,27). The van der Waals surface area contributed by atoms with E-state index >= 15 is 0 Å². The van der Waals surface area contributed by atoms with Gasteiger partial charge in [-0.15, -0.1) is 0 Å². The van der Waals surface area contributed by atoms with E-state index < -0.39 is 0 Å². The number of anilines is 1. The quantitative estimate of drug-likeness (QED) is 0.492. The molecule has 0 atom stereocenters. The number of nitrogens with one attached hydrogen (secondary N) is 1. The molecule has 148 valence electrons. The Morgan fingerprint density at radius 1 is 0.897 bits per heavy atom. The van der Waals surface area contributed by atoms with Crippen LogP contribution >= 0.6 is 0 Å². The lowest BCUT2D eigenvalue weighted by molar-refractivity contribution is 0.102. The van der Waals surface area contributed by atoms with Gasteiger partial charge in [0.25, 0.3) is 5.91 Å². The summed E-state index contributed by atoms with van der Waals surface area (Å²) in [5.74, 6) is 1.16. The molecule has 0 saturated carbocycles. The van der Waals surface area contributed by atoms with Crippen LogP contribution in [-0.4, -0.2) is 19.1 Å². The molecule has 4 nitrogen and oxygen atoms in total. The third-order valence-corrected chi connectivity index (χ3v) is 4.18. The fourth-order valence-electron chi connectivity index (χ4n) is 2.73. The van der Waals surface area contributed by atoms with Crippen LogP contribution in [0, 0.1) is 0 Å². The summed E-state index contributed by atoms with van der Waals surface area (Å²) in [5, 5.41) is 2.90. The van der Waals surface area contributed by atoms with Gasteiger partial charge < -0.3 is 14.8 Å². The summed E-state index contributed by atoms with van der Waals surface area (Å²) in [6.07, 6.45) is 0.814. The van der Waals surface area contributed by atoms with Crippen LogP contribution in [0.3, 0.4) is 0 Å². The molecule has 0 spiro atoms. The lowest BCUT2D eigenvalue weighted by Gasteiger charge is -2.10. The lowest BCUT2D eigenvalue weighted by Crippen LogP contribution is -2.12. The SMILES string of the molecule is C=C(C)COc1cccc(NC(=O)c2cccc(OCCc3ccccc3)c2)c1. The molecule has 0 aromatic heterocycles. The second-order valence-corrected chi connectivity index (χ2v) is 6.84. The Morgan fingerprint density at radius 2 is 1.62 bits per heavy atom. The third-order valence-electron chi connectivity index (χ3n) is 4.18. The highest BCUT2D eigenvalue weighted by atomic mass is 16.5. The summed E-state index contributed by atoms with van der Waals surface area (Å²) < 4.78 is 11.4. The molecule has 1 N–H and O–H groups in total. The maximum atomic E-state index is 12.6. The summed E-state index contributed by atoms with van der Waals surface area (Å²) in [7, 11) is 0. The van der Waals surface area contributed by atoms with E-state index in [2.05, 4.69) is 24.0 Å². The van der Waals surface area contributed by atoms with Crippen LogP contribution in [0.15, 0.2) is 91.0 Å². The predicted octanol–water partition coefficient (Wildman–Crippen LogP) is 5.52. The molecule has 0 radical (unpaired) electrons. The molecule has 0 fully saturated rings. The topological polar surface area (TPSA) is 47.6 Å². The average molecular weight is 387 g/mol. The Morgan fingerprint density at radius 3 is 2.38 bits per heavy atom.